The molecule has 1 aromatic rings. The van der Waals surface area contributed by atoms with Crippen LogP contribution >= 0.6 is 0 Å². The third kappa shape index (κ3) is 1.57. The number of oxazole rings is 1. The maximum Gasteiger partial charge on any atom is 0.197 e. The first-order valence-corrected chi connectivity index (χ1v) is 5.36. The van der Waals surface area contributed by atoms with Gasteiger partial charge < -0.3 is 9.73 Å². The van der Waals surface area contributed by atoms with E-state index in [0.717, 1.165) is 24.6 Å². The third-order valence-electron chi connectivity index (χ3n) is 2.80. The number of nitrogens with zero attached hydrogens (tertiary/aromatic N) is 1. The predicted octanol–water partition coefficient (Wildman–Crippen LogP) is 2.05. The van der Waals surface area contributed by atoms with E-state index in [9.17, 15) is 0 Å². The van der Waals surface area contributed by atoms with Crippen LogP contribution in [0.2, 0.25) is 0 Å². The van der Waals surface area contributed by atoms with Crippen molar-refractivity contribution < 1.29 is 4.42 Å². The van der Waals surface area contributed by atoms with Gasteiger partial charge in [0.2, 0.25) is 0 Å². The number of likely N-dealkylation sites (N-methyl/N-ethyl adjacent to an activating group) is 1. The highest BCUT2D eigenvalue weighted by Crippen LogP contribution is 2.34. The van der Waals surface area contributed by atoms with Crippen molar-refractivity contribution in [3.63, 3.8) is 0 Å². The Bertz CT molecular complexity index is 317. The van der Waals surface area contributed by atoms with E-state index in [1.54, 1.807) is 0 Å². The van der Waals surface area contributed by atoms with Crippen molar-refractivity contribution in [1.29, 1.82) is 0 Å². The lowest BCUT2D eigenvalue weighted by Crippen LogP contribution is -2.15. The van der Waals surface area contributed by atoms with Crippen LogP contribution in [0.15, 0.2) is 4.42 Å². The minimum absolute atomic E-state index is 0.399. The van der Waals surface area contributed by atoms with E-state index < -0.39 is 0 Å². The topological polar surface area (TPSA) is 38.1 Å². The van der Waals surface area contributed by atoms with Crippen molar-refractivity contribution in [2.45, 2.75) is 38.5 Å². The number of aryl methyl sites for hydroxylation is 1. The molecule has 0 fully saturated rings. The summed E-state index contributed by atoms with van der Waals surface area (Å²) in [7, 11) is 1.99. The molecule has 0 spiro atoms. The van der Waals surface area contributed by atoms with Gasteiger partial charge in [-0.15, -0.1) is 0 Å². The molecule has 14 heavy (non-hydrogen) atoms. The fourth-order valence-corrected chi connectivity index (χ4v) is 2.01. The summed E-state index contributed by atoms with van der Waals surface area (Å²) >= 11 is 0. The highest BCUT2D eigenvalue weighted by atomic mass is 16.4. The molecule has 1 aliphatic rings. The van der Waals surface area contributed by atoms with Crippen LogP contribution in [0, 0.1) is 0 Å². The summed E-state index contributed by atoms with van der Waals surface area (Å²) in [6, 6.07) is 0. The Kier molecular flexibility index (Phi) is 2.59. The van der Waals surface area contributed by atoms with E-state index in [-0.39, 0.29) is 0 Å². The molecule has 0 aliphatic heterocycles. The molecule has 0 aromatic carbocycles. The Morgan fingerprint density at radius 2 is 2.36 bits per heavy atom. The molecule has 0 saturated heterocycles. The molecular weight excluding hydrogens is 176 g/mol. The van der Waals surface area contributed by atoms with Gasteiger partial charge in [-0.3, -0.25) is 0 Å². The highest BCUT2D eigenvalue weighted by molar-refractivity contribution is 5.22. The van der Waals surface area contributed by atoms with Gasteiger partial charge in [-0.1, -0.05) is 13.8 Å². The molecule has 1 aliphatic carbocycles. The zero-order valence-corrected chi connectivity index (χ0v) is 9.13. The zero-order valence-electron chi connectivity index (χ0n) is 9.13. The molecule has 0 amide bonds. The molecule has 1 unspecified atom stereocenters. The summed E-state index contributed by atoms with van der Waals surface area (Å²) in [4.78, 5) is 4.58. The molecule has 1 heterocycles. The summed E-state index contributed by atoms with van der Waals surface area (Å²) in [6.45, 7) is 5.25. The Hall–Kier alpha value is -0.830. The van der Waals surface area contributed by atoms with Gasteiger partial charge in [0.15, 0.2) is 5.89 Å². The molecule has 3 heteroatoms. The Morgan fingerprint density at radius 1 is 1.57 bits per heavy atom. The van der Waals surface area contributed by atoms with Crippen molar-refractivity contribution in [2.75, 3.05) is 13.6 Å². The van der Waals surface area contributed by atoms with Gasteiger partial charge in [-0.25, -0.2) is 4.98 Å². The van der Waals surface area contributed by atoms with Crippen LogP contribution in [0.4, 0.5) is 0 Å². The lowest BCUT2D eigenvalue weighted by atomic mass is 10.1. The van der Waals surface area contributed by atoms with Gasteiger partial charge in [0, 0.05) is 24.8 Å². The lowest BCUT2D eigenvalue weighted by Gasteiger charge is -2.06. The molecule has 0 radical (unpaired) electrons. The smallest absolute Gasteiger partial charge is 0.197 e. The molecule has 78 valence electrons. The van der Waals surface area contributed by atoms with E-state index in [1.165, 1.54) is 12.1 Å². The Morgan fingerprint density at radius 3 is 3.00 bits per heavy atom. The van der Waals surface area contributed by atoms with E-state index in [2.05, 4.69) is 24.1 Å². The van der Waals surface area contributed by atoms with Gasteiger partial charge in [0.05, 0.1) is 5.69 Å². The van der Waals surface area contributed by atoms with Crippen LogP contribution in [0.3, 0.4) is 0 Å². The molecule has 1 N–H and O–H groups in total. The van der Waals surface area contributed by atoms with Crippen LogP contribution in [-0.2, 0) is 6.42 Å². The van der Waals surface area contributed by atoms with Crippen molar-refractivity contribution in [1.82, 2.24) is 10.3 Å². The van der Waals surface area contributed by atoms with Gasteiger partial charge in [-0.2, -0.15) is 0 Å². The normalized spacial score (nSPS) is 20.4. The minimum Gasteiger partial charge on any atom is -0.445 e. The van der Waals surface area contributed by atoms with Crippen LogP contribution < -0.4 is 5.32 Å². The maximum atomic E-state index is 5.73. The second kappa shape index (κ2) is 3.73. The van der Waals surface area contributed by atoms with E-state index >= 15 is 0 Å². The fourth-order valence-electron chi connectivity index (χ4n) is 2.01. The minimum atomic E-state index is 0.399. The standard InChI is InChI=1S/C11H18N2O/c1-7(2)11-13-10-8(6-12-3)4-5-9(10)14-11/h7-8,12H,4-6H2,1-3H3. The summed E-state index contributed by atoms with van der Waals surface area (Å²) in [6.07, 6.45) is 2.24. The van der Waals surface area contributed by atoms with Gasteiger partial charge in [0.1, 0.15) is 5.76 Å². The Labute approximate surface area is 84.9 Å². The molecular formula is C11H18N2O. The molecule has 0 saturated carbocycles. The number of nitrogens with one attached hydrogen (secondary N) is 1. The number of rotatable bonds is 3. The van der Waals surface area contributed by atoms with Crippen LogP contribution in [0.1, 0.15) is 49.4 Å². The summed E-state index contributed by atoms with van der Waals surface area (Å²) < 4.78 is 5.73. The van der Waals surface area contributed by atoms with Crippen molar-refractivity contribution >= 4 is 0 Å². The van der Waals surface area contributed by atoms with Crippen molar-refractivity contribution in [3.05, 3.63) is 17.3 Å². The van der Waals surface area contributed by atoms with Crippen LogP contribution in [0.5, 0.6) is 0 Å². The van der Waals surface area contributed by atoms with E-state index in [0.29, 0.717) is 11.8 Å². The molecule has 0 bridgehead atoms. The van der Waals surface area contributed by atoms with Crippen LogP contribution in [0.25, 0.3) is 0 Å². The number of hydrogen-bond donors (Lipinski definition) is 1. The number of aromatic nitrogens is 1. The first kappa shape index (κ1) is 9.71. The summed E-state index contributed by atoms with van der Waals surface area (Å²) in [5.74, 6) is 2.98. The monoisotopic (exact) mass is 194 g/mol. The average molecular weight is 194 g/mol. The second-order valence-electron chi connectivity index (χ2n) is 4.31. The van der Waals surface area contributed by atoms with Crippen molar-refractivity contribution in [2.24, 2.45) is 0 Å². The van der Waals surface area contributed by atoms with Gasteiger partial charge in [-0.05, 0) is 13.5 Å². The van der Waals surface area contributed by atoms with E-state index in [4.69, 9.17) is 4.42 Å². The molecule has 1 aromatic heterocycles. The first-order chi connectivity index (χ1) is 6.72. The zero-order chi connectivity index (χ0) is 10.1. The summed E-state index contributed by atoms with van der Waals surface area (Å²) in [5, 5.41) is 3.21. The van der Waals surface area contributed by atoms with Gasteiger partial charge in [0.25, 0.3) is 0 Å². The average Bonchev–Trinajstić information content (AvgIpc) is 2.67. The van der Waals surface area contributed by atoms with Crippen molar-refractivity contribution in [3.8, 4) is 0 Å². The molecule has 2 rings (SSSR count). The lowest BCUT2D eigenvalue weighted by molar-refractivity contribution is 0.435. The third-order valence-corrected chi connectivity index (χ3v) is 2.80. The fraction of sp³-hybridized carbons (Fsp3) is 0.727. The SMILES string of the molecule is CNCC1CCc2oc(C(C)C)nc21. The predicted molar refractivity (Wildman–Crippen MR) is 55.6 cm³/mol. The second-order valence-corrected chi connectivity index (χ2v) is 4.31. The van der Waals surface area contributed by atoms with E-state index in [1.807, 2.05) is 7.05 Å². The largest absolute Gasteiger partial charge is 0.445 e. The molecule has 3 nitrogen and oxygen atoms in total. The maximum absolute atomic E-state index is 5.73. The molecule has 1 atom stereocenters. The quantitative estimate of drug-likeness (QED) is 0.800. The highest BCUT2D eigenvalue weighted by Gasteiger charge is 2.28. The number of fused-ring (bicyclic) bond motifs is 1. The first-order valence-electron chi connectivity index (χ1n) is 5.36. The summed E-state index contributed by atoms with van der Waals surface area (Å²) in [5.41, 5.74) is 1.20. The Balaban J connectivity index is 2.21. The van der Waals surface area contributed by atoms with Crippen LogP contribution in [-0.4, -0.2) is 18.6 Å². The van der Waals surface area contributed by atoms with Gasteiger partial charge >= 0.3 is 0 Å². The number of hydrogen-bond acceptors (Lipinski definition) is 3.